The van der Waals surface area contributed by atoms with Crippen LogP contribution in [-0.2, 0) is 6.18 Å². The molecule has 2 heterocycles. The Balaban J connectivity index is 2.70. The highest BCUT2D eigenvalue weighted by Crippen LogP contribution is 2.32. The Morgan fingerprint density at radius 3 is 2.75 bits per heavy atom. The Labute approximate surface area is 139 Å². The predicted octanol–water partition coefficient (Wildman–Crippen LogP) is 3.67. The van der Waals surface area contributed by atoms with Gasteiger partial charge >= 0.3 is 6.18 Å². The van der Waals surface area contributed by atoms with E-state index in [-0.39, 0.29) is 17.0 Å². The van der Waals surface area contributed by atoms with Crippen molar-refractivity contribution in [1.82, 2.24) is 19.6 Å². The number of alkyl halides is 3. The van der Waals surface area contributed by atoms with Gasteiger partial charge in [0.25, 0.3) is 5.70 Å². The molecule has 10 heteroatoms. The number of allylic oxidation sites excluding steroid dienone is 1. The van der Waals surface area contributed by atoms with Crippen LogP contribution >= 0.6 is 11.8 Å². The number of thioether (sulfide) groups is 1. The molecule has 0 saturated heterocycles. The zero-order valence-corrected chi connectivity index (χ0v) is 13.5. The van der Waals surface area contributed by atoms with E-state index in [1.165, 1.54) is 18.0 Å². The van der Waals surface area contributed by atoms with E-state index in [1.807, 2.05) is 13.8 Å². The maximum Gasteiger partial charge on any atom is 0.452 e. The maximum absolute atomic E-state index is 13.2. The summed E-state index contributed by atoms with van der Waals surface area (Å²) in [7, 11) is 0. The third kappa shape index (κ3) is 3.66. The van der Waals surface area contributed by atoms with Crippen molar-refractivity contribution in [3.8, 4) is 6.07 Å². The van der Waals surface area contributed by atoms with Crippen molar-refractivity contribution < 1.29 is 13.2 Å². The summed E-state index contributed by atoms with van der Waals surface area (Å²) in [5, 5.41) is 16.0. The molecule has 24 heavy (non-hydrogen) atoms. The van der Waals surface area contributed by atoms with Crippen LogP contribution in [-0.4, -0.2) is 25.3 Å². The first-order chi connectivity index (χ1) is 11.3. The van der Waals surface area contributed by atoms with Crippen molar-refractivity contribution in [3.63, 3.8) is 0 Å². The molecule has 0 spiro atoms. The molecule has 0 N–H and O–H groups in total. The summed E-state index contributed by atoms with van der Waals surface area (Å²) < 4.78 is 40.3. The van der Waals surface area contributed by atoms with Gasteiger partial charge in [0, 0.05) is 5.75 Å². The van der Waals surface area contributed by atoms with Crippen LogP contribution in [0.1, 0.15) is 25.4 Å². The summed E-state index contributed by atoms with van der Waals surface area (Å²) >= 11 is 1.27. The average molecular weight is 352 g/mol. The first-order valence-electron chi connectivity index (χ1n) is 6.71. The Morgan fingerprint density at radius 1 is 1.50 bits per heavy atom. The zero-order valence-electron chi connectivity index (χ0n) is 12.7. The van der Waals surface area contributed by atoms with Gasteiger partial charge < -0.3 is 0 Å². The molecule has 124 valence electrons. The summed E-state index contributed by atoms with van der Waals surface area (Å²) in [6.07, 6.45) is -2.52. The van der Waals surface area contributed by atoms with Gasteiger partial charge in [-0.3, -0.25) is 4.40 Å². The summed E-state index contributed by atoms with van der Waals surface area (Å²) in [4.78, 5) is 7.06. The van der Waals surface area contributed by atoms with E-state index in [9.17, 15) is 13.2 Å². The molecule has 2 aromatic rings. The highest BCUT2D eigenvalue weighted by atomic mass is 32.2. The highest BCUT2D eigenvalue weighted by molar-refractivity contribution is 7.99. The number of aromatic nitrogens is 4. The normalized spacial score (nSPS) is 12.4. The van der Waals surface area contributed by atoms with E-state index in [2.05, 4.69) is 20.0 Å². The minimum absolute atomic E-state index is 0.0519. The van der Waals surface area contributed by atoms with Crippen LogP contribution in [0, 0.1) is 23.8 Å². The van der Waals surface area contributed by atoms with Gasteiger partial charge in [-0.2, -0.15) is 13.2 Å². The first-order valence-corrected chi connectivity index (χ1v) is 7.69. The lowest BCUT2D eigenvalue weighted by Crippen LogP contribution is -2.13. The summed E-state index contributed by atoms with van der Waals surface area (Å²) in [6.45, 7) is 10.8. The Bertz CT molecular complexity index is 853. The molecule has 0 unspecified atom stereocenters. The Morgan fingerprint density at radius 2 is 2.21 bits per heavy atom. The van der Waals surface area contributed by atoms with Crippen molar-refractivity contribution >= 4 is 23.5 Å². The van der Waals surface area contributed by atoms with E-state index in [4.69, 9.17) is 11.8 Å². The molecule has 6 nitrogen and oxygen atoms in total. The minimum Gasteiger partial charge on any atom is -0.269 e. The van der Waals surface area contributed by atoms with Crippen LogP contribution in [0.5, 0.6) is 0 Å². The molecule has 0 aliphatic carbocycles. The second-order valence-electron chi connectivity index (χ2n) is 5.13. The molecule has 0 bridgehead atoms. The third-order valence-corrected chi connectivity index (χ3v) is 4.15. The van der Waals surface area contributed by atoms with E-state index in [0.29, 0.717) is 16.7 Å². The maximum atomic E-state index is 13.2. The Kier molecular flexibility index (Phi) is 5.10. The van der Waals surface area contributed by atoms with Gasteiger partial charge in [0.05, 0.1) is 24.5 Å². The van der Waals surface area contributed by atoms with Crippen LogP contribution in [0.25, 0.3) is 16.6 Å². The number of nitrogens with zero attached hydrogens (tertiary/aromatic N) is 6. The summed E-state index contributed by atoms with van der Waals surface area (Å²) in [6, 6.07) is 1.61. The number of rotatable bonds is 4. The average Bonchev–Trinajstić information content (AvgIpc) is 2.96. The molecule has 0 fully saturated rings. The lowest BCUT2D eigenvalue weighted by Gasteiger charge is -2.09. The number of hydrogen-bond donors (Lipinski definition) is 0. The van der Waals surface area contributed by atoms with E-state index in [1.54, 1.807) is 6.07 Å². The van der Waals surface area contributed by atoms with E-state index in [0.717, 1.165) is 10.5 Å². The monoisotopic (exact) mass is 352 g/mol. The summed E-state index contributed by atoms with van der Waals surface area (Å²) in [5.41, 5.74) is -0.490. The molecule has 2 aromatic heterocycles. The minimum atomic E-state index is -4.73. The molecule has 0 saturated carbocycles. The molecule has 0 amide bonds. The third-order valence-electron chi connectivity index (χ3n) is 2.75. The molecule has 0 aliphatic heterocycles. The van der Waals surface area contributed by atoms with Crippen LogP contribution in [0.4, 0.5) is 13.2 Å². The highest BCUT2D eigenvalue weighted by Gasteiger charge is 2.38. The van der Waals surface area contributed by atoms with Crippen molar-refractivity contribution in [1.29, 1.82) is 5.26 Å². The van der Waals surface area contributed by atoms with Gasteiger partial charge in [-0.05, 0) is 12.0 Å². The molecule has 2 rings (SSSR count). The number of halogens is 3. The predicted molar refractivity (Wildman–Crippen MR) is 81.5 cm³/mol. The van der Waals surface area contributed by atoms with Gasteiger partial charge in [0.1, 0.15) is 5.03 Å². The Hall–Kier alpha value is -2.59. The number of fused-ring (bicyclic) bond motifs is 1. The molecule has 0 aromatic carbocycles. The number of hydrogen-bond acceptors (Lipinski definition) is 5. The fraction of sp³-hybridized carbons (Fsp3) is 0.357. The second kappa shape index (κ2) is 6.89. The summed E-state index contributed by atoms with van der Waals surface area (Å²) in [5.74, 6) is -0.258. The molecule has 0 atom stereocenters. The van der Waals surface area contributed by atoms with Crippen molar-refractivity contribution in [2.45, 2.75) is 25.0 Å². The van der Waals surface area contributed by atoms with Crippen LogP contribution in [0.15, 0.2) is 16.9 Å². The molecule has 0 radical (unpaired) electrons. The lowest BCUT2D eigenvalue weighted by molar-refractivity contribution is -0.145. The lowest BCUT2D eigenvalue weighted by atomic mass is 10.3. The van der Waals surface area contributed by atoms with Crippen LogP contribution < -0.4 is 0 Å². The van der Waals surface area contributed by atoms with E-state index < -0.39 is 12.0 Å². The fourth-order valence-electron chi connectivity index (χ4n) is 1.77. The first kappa shape index (κ1) is 17.8. The number of nitriles is 1. The van der Waals surface area contributed by atoms with Crippen molar-refractivity contribution in [2.24, 2.45) is 5.92 Å². The SMILES string of the molecule is [C-]#[N+]/C(C#N)=C/c1cnc(SCC(C)C)c2nnc(C(F)(F)F)n12. The van der Waals surface area contributed by atoms with Gasteiger partial charge in [-0.25, -0.2) is 15.1 Å². The largest absolute Gasteiger partial charge is 0.452 e. The van der Waals surface area contributed by atoms with Gasteiger partial charge in [-0.1, -0.05) is 13.8 Å². The van der Waals surface area contributed by atoms with Crippen LogP contribution in [0.2, 0.25) is 0 Å². The van der Waals surface area contributed by atoms with Gasteiger partial charge in [0.2, 0.25) is 5.82 Å². The quantitative estimate of drug-likeness (QED) is 0.477. The smallest absolute Gasteiger partial charge is 0.269 e. The van der Waals surface area contributed by atoms with Crippen molar-refractivity contribution in [3.05, 3.63) is 34.8 Å². The van der Waals surface area contributed by atoms with Gasteiger partial charge in [0.15, 0.2) is 5.65 Å². The van der Waals surface area contributed by atoms with E-state index >= 15 is 0 Å². The second-order valence-corrected chi connectivity index (χ2v) is 6.14. The molecular formula is C14H11F3N6S. The zero-order chi connectivity index (χ0) is 17.9. The standard InChI is InChI=1S/C14H11F3N6S/c1-8(2)7-24-12-11-21-22-13(14(15,16)17)23(11)10(6-20-12)4-9(5-18)19-3/h4,6,8H,7H2,1-2H3/b9-4+. The van der Waals surface area contributed by atoms with Crippen molar-refractivity contribution in [2.75, 3.05) is 5.75 Å². The van der Waals surface area contributed by atoms with Gasteiger partial charge in [-0.15, -0.1) is 22.0 Å². The van der Waals surface area contributed by atoms with Crippen LogP contribution in [0.3, 0.4) is 0 Å². The fourth-order valence-corrected chi connectivity index (χ4v) is 2.65. The topological polar surface area (TPSA) is 71.2 Å². The molecule has 0 aliphatic rings. The molecular weight excluding hydrogens is 341 g/mol.